The highest BCUT2D eigenvalue weighted by Gasteiger charge is 2.18. The van der Waals surface area contributed by atoms with Gasteiger partial charge in [0.25, 0.3) is 0 Å². The van der Waals surface area contributed by atoms with Gasteiger partial charge < -0.3 is 20.3 Å². The van der Waals surface area contributed by atoms with Crippen molar-refractivity contribution < 1.29 is 24.5 Å². The Hall–Kier alpha value is -2.44. The van der Waals surface area contributed by atoms with Crippen molar-refractivity contribution in [2.75, 3.05) is 13.2 Å². The Morgan fingerprint density at radius 1 is 0.403 bits per heavy atom. The molecule has 0 saturated heterocycles. The van der Waals surface area contributed by atoms with Crippen LogP contribution in [0, 0.1) is 0 Å². The lowest BCUT2D eigenvalue weighted by molar-refractivity contribution is -0.143. The van der Waals surface area contributed by atoms with E-state index in [0.717, 1.165) is 83.5 Å². The molecule has 0 aliphatic carbocycles. The van der Waals surface area contributed by atoms with E-state index in [4.69, 9.17) is 4.74 Å². The molecule has 2 atom stereocenters. The van der Waals surface area contributed by atoms with Crippen molar-refractivity contribution in [3.8, 4) is 0 Å². The predicted molar refractivity (Wildman–Crippen MR) is 315 cm³/mol. The van der Waals surface area contributed by atoms with Gasteiger partial charge in [-0.1, -0.05) is 274 Å². The summed E-state index contributed by atoms with van der Waals surface area (Å²) in [6.45, 7) is 4.85. The molecule has 0 bridgehead atoms. The number of rotatable bonds is 58. The maximum Gasteiger partial charge on any atom is 0.305 e. The quantitative estimate of drug-likeness (QED) is 0.0244. The first-order valence-corrected chi connectivity index (χ1v) is 31.6. The average molecular weight is 1010 g/mol. The molecule has 0 aromatic rings. The number of nitrogens with one attached hydrogen (secondary N) is 1. The Morgan fingerprint density at radius 2 is 0.736 bits per heavy atom. The van der Waals surface area contributed by atoms with Crippen LogP contribution in [0.5, 0.6) is 0 Å². The summed E-state index contributed by atoms with van der Waals surface area (Å²) in [6.07, 6.45) is 79.7. The number of aliphatic hydroxyl groups excluding tert-OH is 2. The Labute approximate surface area is 448 Å². The van der Waals surface area contributed by atoms with Gasteiger partial charge in [0.05, 0.1) is 25.4 Å². The molecule has 6 nitrogen and oxygen atoms in total. The number of hydrogen-bond acceptors (Lipinski definition) is 5. The molecule has 0 aromatic carbocycles. The molecule has 0 aliphatic heterocycles. The third kappa shape index (κ3) is 56.8. The molecule has 420 valence electrons. The minimum atomic E-state index is -0.853. The van der Waals surface area contributed by atoms with E-state index < -0.39 is 12.1 Å². The summed E-state index contributed by atoms with van der Waals surface area (Å²) >= 11 is 0. The summed E-state index contributed by atoms with van der Waals surface area (Å²) in [4.78, 5) is 24.6. The van der Waals surface area contributed by atoms with Crippen molar-refractivity contribution >= 4 is 11.9 Å². The van der Waals surface area contributed by atoms with Crippen molar-refractivity contribution in [1.82, 2.24) is 5.32 Å². The largest absolute Gasteiger partial charge is 0.466 e. The van der Waals surface area contributed by atoms with Crippen LogP contribution >= 0.6 is 0 Å². The molecule has 2 unspecified atom stereocenters. The van der Waals surface area contributed by atoms with E-state index in [1.807, 2.05) is 6.08 Å². The number of unbranched alkanes of at least 4 members (excludes halogenated alkanes) is 40. The van der Waals surface area contributed by atoms with Gasteiger partial charge in [0.1, 0.15) is 0 Å². The van der Waals surface area contributed by atoms with Gasteiger partial charge in [0, 0.05) is 12.8 Å². The molecule has 1 amide bonds. The Bertz CT molecular complexity index is 1250. The monoisotopic (exact) mass is 1010 g/mol. The Balaban J connectivity index is 3.51. The number of amides is 1. The molecule has 0 rings (SSSR count). The molecule has 0 spiro atoms. The third-order valence-electron chi connectivity index (χ3n) is 14.3. The lowest BCUT2D eigenvalue weighted by Gasteiger charge is -2.20. The lowest BCUT2D eigenvalue weighted by Crippen LogP contribution is -2.45. The van der Waals surface area contributed by atoms with E-state index in [2.05, 4.69) is 67.8 Å². The second-order valence-corrected chi connectivity index (χ2v) is 21.4. The van der Waals surface area contributed by atoms with E-state index in [1.54, 1.807) is 6.08 Å². The number of carbonyl (C=O) groups excluding carboxylic acids is 2. The van der Waals surface area contributed by atoms with Crippen LogP contribution in [-0.4, -0.2) is 47.4 Å². The third-order valence-corrected chi connectivity index (χ3v) is 14.3. The van der Waals surface area contributed by atoms with Crippen molar-refractivity contribution in [1.29, 1.82) is 0 Å². The minimum Gasteiger partial charge on any atom is -0.466 e. The van der Waals surface area contributed by atoms with E-state index in [9.17, 15) is 19.8 Å². The topological polar surface area (TPSA) is 95.9 Å². The SMILES string of the molecule is CCCCCC/C=C\C/C=C\CCCCCCCCCC(=O)OCCCCC/C=C\C=C/CCCCCCCCCCCCC(=O)NC(CO)C(O)/C=C/CCCCCCCCCCCCCCCCCC. The smallest absolute Gasteiger partial charge is 0.305 e. The van der Waals surface area contributed by atoms with Crippen LogP contribution in [-0.2, 0) is 14.3 Å². The molecule has 0 fully saturated rings. The fourth-order valence-corrected chi connectivity index (χ4v) is 9.42. The summed E-state index contributed by atoms with van der Waals surface area (Å²) in [5.41, 5.74) is 0. The van der Waals surface area contributed by atoms with Gasteiger partial charge in [-0.15, -0.1) is 0 Å². The van der Waals surface area contributed by atoms with Crippen LogP contribution in [0.3, 0.4) is 0 Å². The van der Waals surface area contributed by atoms with E-state index in [0.29, 0.717) is 19.4 Å². The van der Waals surface area contributed by atoms with Crippen molar-refractivity contribution in [3.63, 3.8) is 0 Å². The maximum absolute atomic E-state index is 12.5. The number of hydrogen-bond donors (Lipinski definition) is 3. The fourth-order valence-electron chi connectivity index (χ4n) is 9.42. The van der Waals surface area contributed by atoms with Crippen molar-refractivity contribution in [2.24, 2.45) is 0 Å². The van der Waals surface area contributed by atoms with Gasteiger partial charge in [-0.25, -0.2) is 0 Å². The fraction of sp³-hybridized carbons (Fsp3) is 0.818. The number of aliphatic hydroxyl groups is 2. The van der Waals surface area contributed by atoms with Gasteiger partial charge in [0.2, 0.25) is 5.91 Å². The first-order valence-electron chi connectivity index (χ1n) is 31.6. The van der Waals surface area contributed by atoms with Crippen LogP contribution < -0.4 is 5.32 Å². The summed E-state index contributed by atoms with van der Waals surface area (Å²) in [6, 6.07) is -0.638. The first-order chi connectivity index (χ1) is 35.5. The van der Waals surface area contributed by atoms with E-state index in [-0.39, 0.29) is 18.5 Å². The van der Waals surface area contributed by atoms with E-state index >= 15 is 0 Å². The van der Waals surface area contributed by atoms with Crippen LogP contribution in [0.15, 0.2) is 60.8 Å². The zero-order valence-electron chi connectivity index (χ0n) is 47.9. The molecule has 0 radical (unpaired) electrons. The number of esters is 1. The molecule has 6 heteroatoms. The minimum absolute atomic E-state index is 0.0218. The van der Waals surface area contributed by atoms with Crippen LogP contribution in [0.25, 0.3) is 0 Å². The highest BCUT2D eigenvalue weighted by Crippen LogP contribution is 2.16. The van der Waals surface area contributed by atoms with Gasteiger partial charge in [-0.2, -0.15) is 0 Å². The Morgan fingerprint density at radius 3 is 1.15 bits per heavy atom. The van der Waals surface area contributed by atoms with E-state index in [1.165, 1.54) is 212 Å². The second-order valence-electron chi connectivity index (χ2n) is 21.4. The average Bonchev–Trinajstić information content (AvgIpc) is 3.38. The summed E-state index contributed by atoms with van der Waals surface area (Å²) in [5, 5.41) is 23.2. The molecule has 0 heterocycles. The highest BCUT2D eigenvalue weighted by atomic mass is 16.5. The molecular formula is C66H121NO5. The molecule has 0 aliphatic rings. The normalized spacial score (nSPS) is 13.0. The molecule has 0 aromatic heterocycles. The standard InChI is InChI=1S/C66H121NO5/c1-3-5-7-9-11-13-15-17-19-21-26-30-34-38-42-46-50-54-58-64(69)63(62-68)67-65(70)59-55-51-47-43-39-35-31-27-24-23-25-29-33-37-41-45-49-53-57-61-72-66(71)60-56-52-48-44-40-36-32-28-22-20-18-16-14-12-10-8-6-4-2/h14,16,20,22,29,33,37,41,54,58,63-64,68-69H,3-13,15,17-19,21,23-28,30-32,34-36,38-40,42-53,55-57,59-62H2,1-2H3,(H,67,70)/b16-14-,22-20-,33-29-,41-37-,58-54+. The molecule has 0 saturated carbocycles. The van der Waals surface area contributed by atoms with Gasteiger partial charge in [0.15, 0.2) is 0 Å². The zero-order valence-corrected chi connectivity index (χ0v) is 47.9. The van der Waals surface area contributed by atoms with Crippen LogP contribution in [0.2, 0.25) is 0 Å². The van der Waals surface area contributed by atoms with Gasteiger partial charge in [-0.05, 0) is 96.3 Å². The molecule has 3 N–H and O–H groups in total. The molecule has 72 heavy (non-hydrogen) atoms. The van der Waals surface area contributed by atoms with Crippen LogP contribution in [0.1, 0.15) is 322 Å². The predicted octanol–water partition coefficient (Wildman–Crippen LogP) is 19.9. The highest BCUT2D eigenvalue weighted by molar-refractivity contribution is 5.76. The number of allylic oxidation sites excluding steroid dienone is 9. The van der Waals surface area contributed by atoms with Crippen LogP contribution in [0.4, 0.5) is 0 Å². The van der Waals surface area contributed by atoms with Crippen molar-refractivity contribution in [3.05, 3.63) is 60.8 Å². The summed E-state index contributed by atoms with van der Waals surface area (Å²) < 4.78 is 5.46. The zero-order chi connectivity index (χ0) is 52.2. The van der Waals surface area contributed by atoms with Gasteiger partial charge >= 0.3 is 5.97 Å². The summed E-state index contributed by atoms with van der Waals surface area (Å²) in [7, 11) is 0. The Kier molecular flexibility index (Phi) is 59.0. The van der Waals surface area contributed by atoms with Gasteiger partial charge in [-0.3, -0.25) is 9.59 Å². The molecular weight excluding hydrogens is 887 g/mol. The summed E-state index contributed by atoms with van der Waals surface area (Å²) in [5.74, 6) is -0.0990. The number of carbonyl (C=O) groups is 2. The lowest BCUT2D eigenvalue weighted by atomic mass is 10.0. The van der Waals surface area contributed by atoms with Crippen molar-refractivity contribution in [2.45, 2.75) is 334 Å². The maximum atomic E-state index is 12.5. The number of ether oxygens (including phenoxy) is 1. The first kappa shape index (κ1) is 69.6. The second kappa shape index (κ2) is 61.1.